The Balaban J connectivity index is 2.47. The molecule has 1 aliphatic rings. The second-order valence-electron chi connectivity index (χ2n) is 3.80. The Morgan fingerprint density at radius 3 is 2.50 bits per heavy atom. The molecule has 0 unspecified atom stereocenters. The molecule has 0 aromatic heterocycles. The topological polar surface area (TPSA) is 90.7 Å². The second kappa shape index (κ2) is 4.91. The van der Waals surface area contributed by atoms with E-state index in [0.717, 1.165) is 0 Å². The number of amides is 1. The van der Waals surface area contributed by atoms with E-state index in [9.17, 15) is 14.9 Å². The van der Waals surface area contributed by atoms with Crippen LogP contribution in [-0.4, -0.2) is 24.0 Å². The van der Waals surface area contributed by atoms with Gasteiger partial charge in [0.1, 0.15) is 5.69 Å². The van der Waals surface area contributed by atoms with Crippen LogP contribution in [0.15, 0.2) is 12.1 Å². The van der Waals surface area contributed by atoms with E-state index in [1.165, 1.54) is 19.1 Å². The lowest BCUT2D eigenvalue weighted by atomic mass is 10.2. The van der Waals surface area contributed by atoms with Gasteiger partial charge in [-0.1, -0.05) is 0 Å². The number of benzene rings is 1. The number of hydrogen-bond acceptors (Lipinski definition) is 5. The lowest BCUT2D eigenvalue weighted by Crippen LogP contribution is -2.08. The molecule has 1 aromatic rings. The molecule has 0 saturated carbocycles. The number of hydrogen-bond donors (Lipinski definition) is 1. The molecular weight excluding hydrogens is 240 g/mol. The Hall–Kier alpha value is -2.31. The van der Waals surface area contributed by atoms with Gasteiger partial charge in [0, 0.05) is 19.4 Å². The summed E-state index contributed by atoms with van der Waals surface area (Å²) in [6.07, 6.45) is 0.706. The largest absolute Gasteiger partial charge is 0.489 e. The average molecular weight is 252 g/mol. The van der Waals surface area contributed by atoms with Crippen LogP contribution in [0.4, 0.5) is 11.4 Å². The Labute approximate surface area is 103 Å². The molecule has 0 fully saturated rings. The van der Waals surface area contributed by atoms with Crippen molar-refractivity contribution in [3.8, 4) is 11.5 Å². The third-order valence-electron chi connectivity index (χ3n) is 2.37. The number of nitro benzene ring substituents is 1. The molecule has 1 N–H and O–H groups in total. The monoisotopic (exact) mass is 252 g/mol. The molecule has 96 valence electrons. The normalized spacial score (nSPS) is 13.6. The Kier molecular flexibility index (Phi) is 3.31. The van der Waals surface area contributed by atoms with Gasteiger partial charge in [0.25, 0.3) is 5.69 Å². The summed E-state index contributed by atoms with van der Waals surface area (Å²) in [6, 6.07) is 2.69. The minimum atomic E-state index is -0.570. The highest BCUT2D eigenvalue weighted by Crippen LogP contribution is 2.38. The van der Waals surface area contributed by atoms with Crippen molar-refractivity contribution in [1.82, 2.24) is 0 Å². The van der Waals surface area contributed by atoms with E-state index in [0.29, 0.717) is 31.1 Å². The Bertz CT molecular complexity index is 500. The maximum Gasteiger partial charge on any atom is 0.296 e. The third kappa shape index (κ3) is 2.50. The first-order valence-corrected chi connectivity index (χ1v) is 5.43. The van der Waals surface area contributed by atoms with Gasteiger partial charge in [-0.15, -0.1) is 0 Å². The number of nitrogens with one attached hydrogen (secondary N) is 1. The summed E-state index contributed by atoms with van der Waals surface area (Å²) in [4.78, 5) is 21.4. The fourth-order valence-electron chi connectivity index (χ4n) is 1.64. The fraction of sp³-hybridized carbons (Fsp3) is 0.364. The van der Waals surface area contributed by atoms with Crippen molar-refractivity contribution in [2.24, 2.45) is 0 Å². The highest BCUT2D eigenvalue weighted by molar-refractivity contribution is 5.92. The van der Waals surface area contributed by atoms with E-state index in [1.54, 1.807) is 0 Å². The van der Waals surface area contributed by atoms with E-state index < -0.39 is 4.92 Å². The van der Waals surface area contributed by atoms with Crippen LogP contribution < -0.4 is 14.8 Å². The van der Waals surface area contributed by atoms with E-state index in [2.05, 4.69) is 5.32 Å². The maximum absolute atomic E-state index is 11.0. The molecule has 0 bridgehead atoms. The second-order valence-corrected chi connectivity index (χ2v) is 3.80. The predicted octanol–water partition coefficient (Wildman–Crippen LogP) is 1.71. The van der Waals surface area contributed by atoms with Crippen LogP contribution in [0.25, 0.3) is 0 Å². The average Bonchev–Trinajstić information content (AvgIpc) is 2.51. The first-order valence-electron chi connectivity index (χ1n) is 5.43. The Morgan fingerprint density at radius 2 is 1.94 bits per heavy atom. The first-order chi connectivity index (χ1) is 8.58. The first kappa shape index (κ1) is 12.2. The van der Waals surface area contributed by atoms with E-state index in [1.807, 2.05) is 0 Å². The number of ether oxygens (including phenoxy) is 2. The van der Waals surface area contributed by atoms with Crippen molar-refractivity contribution in [3.63, 3.8) is 0 Å². The number of rotatable bonds is 2. The molecule has 2 rings (SSSR count). The summed E-state index contributed by atoms with van der Waals surface area (Å²) in [6.45, 7) is 2.21. The van der Waals surface area contributed by atoms with Crippen LogP contribution in [-0.2, 0) is 4.79 Å². The van der Waals surface area contributed by atoms with Gasteiger partial charge < -0.3 is 14.8 Å². The zero-order valence-corrected chi connectivity index (χ0v) is 9.76. The molecule has 0 saturated heterocycles. The van der Waals surface area contributed by atoms with Crippen LogP contribution in [0.3, 0.4) is 0 Å². The standard InChI is InChI=1S/C11H12N2O5/c1-7(14)12-8-5-10-11(6-9(8)13(15)16)18-4-2-3-17-10/h5-6H,2-4H2,1H3,(H,12,14). The summed E-state index contributed by atoms with van der Waals surface area (Å²) >= 11 is 0. The van der Waals surface area contributed by atoms with Gasteiger partial charge in [-0.05, 0) is 0 Å². The molecule has 0 atom stereocenters. The number of carbonyl (C=O) groups is 1. The lowest BCUT2D eigenvalue weighted by Gasteiger charge is -2.10. The molecule has 0 radical (unpaired) electrons. The fourth-order valence-corrected chi connectivity index (χ4v) is 1.64. The van der Waals surface area contributed by atoms with E-state index >= 15 is 0 Å². The minimum Gasteiger partial charge on any atom is -0.489 e. The number of fused-ring (bicyclic) bond motifs is 1. The number of anilines is 1. The van der Waals surface area contributed by atoms with Gasteiger partial charge >= 0.3 is 0 Å². The zero-order chi connectivity index (χ0) is 13.1. The third-order valence-corrected chi connectivity index (χ3v) is 2.37. The molecule has 1 aromatic carbocycles. The SMILES string of the molecule is CC(=O)Nc1cc2c(cc1[N+](=O)[O-])OCCCO2. The molecule has 1 amide bonds. The van der Waals surface area contributed by atoms with Crippen LogP contribution in [0.1, 0.15) is 13.3 Å². The molecule has 7 nitrogen and oxygen atoms in total. The number of nitro groups is 1. The van der Waals surface area contributed by atoms with Gasteiger partial charge in [-0.25, -0.2) is 0 Å². The van der Waals surface area contributed by atoms with E-state index in [4.69, 9.17) is 9.47 Å². The van der Waals surface area contributed by atoms with Gasteiger partial charge in [0.15, 0.2) is 11.5 Å². The van der Waals surface area contributed by atoms with Crippen molar-refractivity contribution in [2.45, 2.75) is 13.3 Å². The van der Waals surface area contributed by atoms with Gasteiger partial charge in [0.2, 0.25) is 5.91 Å². The molecular formula is C11H12N2O5. The van der Waals surface area contributed by atoms with Gasteiger partial charge in [0.05, 0.1) is 24.2 Å². The predicted molar refractivity (Wildman–Crippen MR) is 63.0 cm³/mol. The summed E-state index contributed by atoms with van der Waals surface area (Å²) in [5.41, 5.74) is -0.105. The van der Waals surface area contributed by atoms with Crippen molar-refractivity contribution >= 4 is 17.3 Å². The highest BCUT2D eigenvalue weighted by Gasteiger charge is 2.22. The molecule has 18 heavy (non-hydrogen) atoms. The summed E-state index contributed by atoms with van der Waals surface area (Å²) < 4.78 is 10.8. The molecule has 7 heteroatoms. The van der Waals surface area contributed by atoms with Crippen molar-refractivity contribution < 1.29 is 19.2 Å². The summed E-state index contributed by atoms with van der Waals surface area (Å²) in [5, 5.41) is 13.3. The number of nitrogens with zero attached hydrogens (tertiary/aromatic N) is 1. The molecule has 1 heterocycles. The van der Waals surface area contributed by atoms with Gasteiger partial charge in [-0.3, -0.25) is 14.9 Å². The van der Waals surface area contributed by atoms with Crippen LogP contribution in [0.2, 0.25) is 0 Å². The quantitative estimate of drug-likeness (QED) is 0.639. The smallest absolute Gasteiger partial charge is 0.296 e. The molecule has 0 aliphatic carbocycles. The zero-order valence-electron chi connectivity index (χ0n) is 9.76. The van der Waals surface area contributed by atoms with Crippen molar-refractivity contribution in [2.75, 3.05) is 18.5 Å². The lowest BCUT2D eigenvalue weighted by molar-refractivity contribution is -0.384. The van der Waals surface area contributed by atoms with E-state index in [-0.39, 0.29) is 17.3 Å². The van der Waals surface area contributed by atoms with Crippen LogP contribution >= 0.6 is 0 Å². The number of carbonyl (C=O) groups excluding carboxylic acids is 1. The van der Waals surface area contributed by atoms with Crippen molar-refractivity contribution in [3.05, 3.63) is 22.2 Å². The van der Waals surface area contributed by atoms with Gasteiger partial charge in [-0.2, -0.15) is 0 Å². The van der Waals surface area contributed by atoms with Crippen LogP contribution in [0.5, 0.6) is 11.5 Å². The van der Waals surface area contributed by atoms with Crippen LogP contribution in [0, 0.1) is 10.1 Å². The molecule has 0 spiro atoms. The molecule has 1 aliphatic heterocycles. The minimum absolute atomic E-state index is 0.108. The Morgan fingerprint density at radius 1 is 1.33 bits per heavy atom. The summed E-state index contributed by atoms with van der Waals surface area (Å²) in [7, 11) is 0. The van der Waals surface area contributed by atoms with Crippen molar-refractivity contribution in [1.29, 1.82) is 0 Å². The highest BCUT2D eigenvalue weighted by atomic mass is 16.6. The summed E-state index contributed by atoms with van der Waals surface area (Å²) in [5.74, 6) is 0.350. The maximum atomic E-state index is 11.0.